The highest BCUT2D eigenvalue weighted by atomic mass is 16.1. The van der Waals surface area contributed by atoms with E-state index in [4.69, 9.17) is 5.73 Å². The minimum Gasteiger partial charge on any atom is -0.369 e. The van der Waals surface area contributed by atoms with Crippen LogP contribution in [0.1, 0.15) is 19.0 Å². The summed E-state index contributed by atoms with van der Waals surface area (Å²) in [5.41, 5.74) is 8.38. The number of nitrogens with zero attached hydrogens (tertiary/aromatic N) is 4. The zero-order valence-electron chi connectivity index (χ0n) is 10.9. The van der Waals surface area contributed by atoms with Gasteiger partial charge in [0.05, 0.1) is 5.69 Å². The summed E-state index contributed by atoms with van der Waals surface area (Å²) in [4.78, 5) is 15.8. The number of amides is 1. The van der Waals surface area contributed by atoms with Crippen LogP contribution in [-0.4, -0.2) is 32.3 Å². The van der Waals surface area contributed by atoms with Gasteiger partial charge in [0, 0.05) is 14.1 Å². The van der Waals surface area contributed by atoms with E-state index in [-0.39, 0.29) is 12.5 Å². The van der Waals surface area contributed by atoms with E-state index in [0.29, 0.717) is 5.95 Å². The van der Waals surface area contributed by atoms with E-state index in [9.17, 15) is 4.79 Å². The number of aromatic nitrogens is 4. The molecule has 0 aliphatic heterocycles. The van der Waals surface area contributed by atoms with Gasteiger partial charge in [-0.15, -0.1) is 0 Å². The number of carbonyl (C=O) groups is 1. The summed E-state index contributed by atoms with van der Waals surface area (Å²) >= 11 is 0. The number of nitrogens with one attached hydrogen (secondary N) is 1. The van der Waals surface area contributed by atoms with Crippen LogP contribution in [0.3, 0.4) is 0 Å². The summed E-state index contributed by atoms with van der Waals surface area (Å²) in [6.45, 7) is 2.25. The van der Waals surface area contributed by atoms with E-state index in [2.05, 4.69) is 22.3 Å². The van der Waals surface area contributed by atoms with Crippen molar-refractivity contribution in [2.45, 2.75) is 26.3 Å². The van der Waals surface area contributed by atoms with Crippen LogP contribution >= 0.6 is 0 Å². The predicted octanol–water partition coefficient (Wildman–Crippen LogP) is 0.0505. The molecule has 7 nitrogen and oxygen atoms in total. The van der Waals surface area contributed by atoms with Gasteiger partial charge in [0.2, 0.25) is 11.9 Å². The van der Waals surface area contributed by atoms with Crippen molar-refractivity contribution in [1.82, 2.24) is 24.6 Å². The molecule has 0 radical (unpaired) electrons. The molecule has 3 N–H and O–H groups in total. The number of aryl methyl sites for hydroxylation is 2. The van der Waals surface area contributed by atoms with Gasteiger partial charge in [-0.25, -0.2) is 4.98 Å². The maximum absolute atomic E-state index is 11.5. The summed E-state index contributed by atoms with van der Waals surface area (Å²) < 4.78 is 3.41. The molecule has 0 unspecified atom stereocenters. The molecule has 0 aliphatic carbocycles. The van der Waals surface area contributed by atoms with Crippen LogP contribution < -0.4 is 11.1 Å². The van der Waals surface area contributed by atoms with Gasteiger partial charge in [0.15, 0.2) is 5.65 Å². The Kier molecular flexibility index (Phi) is 3.22. The first-order chi connectivity index (χ1) is 8.58. The minimum absolute atomic E-state index is 0.112. The largest absolute Gasteiger partial charge is 0.369 e. The lowest BCUT2D eigenvalue weighted by Crippen LogP contribution is -2.24. The average molecular weight is 250 g/mol. The van der Waals surface area contributed by atoms with Crippen molar-refractivity contribution in [2.75, 3.05) is 12.8 Å². The highest BCUT2D eigenvalue weighted by Crippen LogP contribution is 2.21. The second-order valence-electron chi connectivity index (χ2n) is 4.22. The zero-order chi connectivity index (χ0) is 13.3. The second-order valence-corrected chi connectivity index (χ2v) is 4.22. The number of imidazole rings is 1. The lowest BCUT2D eigenvalue weighted by molar-refractivity contribution is -0.121. The third-order valence-electron chi connectivity index (χ3n) is 2.89. The number of nitrogens with two attached hydrogens (primary N) is 1. The summed E-state index contributed by atoms with van der Waals surface area (Å²) in [5, 5.41) is 6.99. The Bertz CT molecular complexity index is 582. The topological polar surface area (TPSA) is 90.8 Å². The third-order valence-corrected chi connectivity index (χ3v) is 2.89. The van der Waals surface area contributed by atoms with Crippen molar-refractivity contribution in [3.05, 3.63) is 5.69 Å². The monoisotopic (exact) mass is 250 g/mol. The van der Waals surface area contributed by atoms with Crippen LogP contribution in [0.5, 0.6) is 0 Å². The molecule has 0 atom stereocenters. The summed E-state index contributed by atoms with van der Waals surface area (Å²) in [6, 6.07) is 0. The van der Waals surface area contributed by atoms with Crippen LogP contribution in [0.2, 0.25) is 0 Å². The SMILES string of the molecule is CCCc1nn(C)c2c1nc(N)n2CC(=O)NC. The van der Waals surface area contributed by atoms with Gasteiger partial charge in [-0.1, -0.05) is 13.3 Å². The normalized spacial score (nSPS) is 11.1. The lowest BCUT2D eigenvalue weighted by atomic mass is 10.2. The molecule has 18 heavy (non-hydrogen) atoms. The maximum Gasteiger partial charge on any atom is 0.239 e. The quantitative estimate of drug-likeness (QED) is 0.802. The molecule has 2 aromatic rings. The highest BCUT2D eigenvalue weighted by molar-refractivity contribution is 5.82. The molecule has 7 heteroatoms. The first kappa shape index (κ1) is 12.4. The zero-order valence-corrected chi connectivity index (χ0v) is 10.9. The third kappa shape index (κ3) is 1.92. The number of rotatable bonds is 4. The predicted molar refractivity (Wildman–Crippen MR) is 69.0 cm³/mol. The first-order valence-corrected chi connectivity index (χ1v) is 5.96. The van der Waals surface area contributed by atoms with E-state index in [0.717, 1.165) is 29.7 Å². The van der Waals surface area contributed by atoms with Crippen LogP contribution in [0.25, 0.3) is 11.2 Å². The van der Waals surface area contributed by atoms with Gasteiger partial charge in [-0.2, -0.15) is 5.10 Å². The smallest absolute Gasteiger partial charge is 0.239 e. The lowest BCUT2D eigenvalue weighted by Gasteiger charge is -2.05. The summed E-state index contributed by atoms with van der Waals surface area (Å²) in [6.07, 6.45) is 1.85. The van der Waals surface area contributed by atoms with Crippen molar-refractivity contribution in [3.8, 4) is 0 Å². The number of hydrogen-bond donors (Lipinski definition) is 2. The first-order valence-electron chi connectivity index (χ1n) is 5.96. The van der Waals surface area contributed by atoms with Crippen LogP contribution in [0.15, 0.2) is 0 Å². The van der Waals surface area contributed by atoms with Gasteiger partial charge in [-0.05, 0) is 6.42 Å². The Morgan fingerprint density at radius 3 is 2.83 bits per heavy atom. The molecule has 0 saturated carbocycles. The fourth-order valence-corrected chi connectivity index (χ4v) is 2.04. The van der Waals surface area contributed by atoms with E-state index in [1.165, 1.54) is 0 Å². The van der Waals surface area contributed by atoms with Gasteiger partial charge in [0.25, 0.3) is 0 Å². The molecular formula is C11H18N6O. The molecule has 0 aliphatic rings. The fraction of sp³-hybridized carbons (Fsp3) is 0.545. The highest BCUT2D eigenvalue weighted by Gasteiger charge is 2.18. The molecule has 0 fully saturated rings. The number of likely N-dealkylation sites (N-methyl/N-ethyl adjacent to an activating group) is 1. The molecule has 2 rings (SSSR count). The van der Waals surface area contributed by atoms with Crippen molar-refractivity contribution in [1.29, 1.82) is 0 Å². The molecule has 0 saturated heterocycles. The van der Waals surface area contributed by atoms with Gasteiger partial charge in [-0.3, -0.25) is 14.0 Å². The van der Waals surface area contributed by atoms with E-state index in [1.807, 2.05) is 7.05 Å². The van der Waals surface area contributed by atoms with Gasteiger partial charge in [0.1, 0.15) is 12.1 Å². The minimum atomic E-state index is -0.112. The second kappa shape index (κ2) is 4.67. The van der Waals surface area contributed by atoms with Gasteiger partial charge < -0.3 is 11.1 Å². The average Bonchev–Trinajstić information content (AvgIpc) is 2.80. The van der Waals surface area contributed by atoms with E-state index < -0.39 is 0 Å². The molecule has 0 spiro atoms. The van der Waals surface area contributed by atoms with Crippen LogP contribution in [0.4, 0.5) is 5.95 Å². The summed E-state index contributed by atoms with van der Waals surface area (Å²) in [7, 11) is 3.43. The number of carbonyl (C=O) groups excluding carboxylic acids is 1. The fourth-order valence-electron chi connectivity index (χ4n) is 2.04. The summed E-state index contributed by atoms with van der Waals surface area (Å²) in [5.74, 6) is 0.234. The standard InChI is InChI=1S/C11H18N6O/c1-4-5-7-9-10(16(3)15-7)17(11(12)14-9)6-8(18)13-2/h4-6H2,1-3H3,(H2,12,14)(H,13,18). The molecule has 2 aromatic heterocycles. The molecule has 2 heterocycles. The molecule has 0 bridgehead atoms. The number of nitrogen functional groups attached to an aromatic ring is 1. The van der Waals surface area contributed by atoms with Crippen molar-refractivity contribution in [3.63, 3.8) is 0 Å². The number of anilines is 1. The number of hydrogen-bond acceptors (Lipinski definition) is 4. The Morgan fingerprint density at radius 1 is 1.50 bits per heavy atom. The maximum atomic E-state index is 11.5. The molecule has 0 aromatic carbocycles. The molecular weight excluding hydrogens is 232 g/mol. The van der Waals surface area contributed by atoms with Crippen LogP contribution in [-0.2, 0) is 24.8 Å². The molecule has 98 valence electrons. The Hall–Kier alpha value is -2.05. The molecule has 1 amide bonds. The van der Waals surface area contributed by atoms with Gasteiger partial charge >= 0.3 is 0 Å². The van der Waals surface area contributed by atoms with Crippen molar-refractivity contribution >= 4 is 23.0 Å². The van der Waals surface area contributed by atoms with Crippen LogP contribution in [0, 0.1) is 0 Å². The Morgan fingerprint density at radius 2 is 2.22 bits per heavy atom. The Balaban J connectivity index is 2.53. The van der Waals surface area contributed by atoms with Crippen molar-refractivity contribution in [2.24, 2.45) is 7.05 Å². The van der Waals surface area contributed by atoms with E-state index in [1.54, 1.807) is 16.3 Å². The number of fused-ring (bicyclic) bond motifs is 1. The van der Waals surface area contributed by atoms with E-state index >= 15 is 0 Å². The Labute approximate surface area is 105 Å². The van der Waals surface area contributed by atoms with Crippen molar-refractivity contribution < 1.29 is 4.79 Å².